The van der Waals surface area contributed by atoms with Crippen molar-refractivity contribution < 1.29 is 8.81 Å². The second-order valence-corrected chi connectivity index (χ2v) is 3.79. The van der Waals surface area contributed by atoms with Gasteiger partial charge in [-0.05, 0) is 12.1 Å². The van der Waals surface area contributed by atoms with Crippen LogP contribution in [0.4, 0.5) is 4.39 Å². The molecule has 0 fully saturated rings. The van der Waals surface area contributed by atoms with Gasteiger partial charge in [0.25, 0.3) is 0 Å². The Balaban J connectivity index is 2.34. The van der Waals surface area contributed by atoms with E-state index in [9.17, 15) is 9.18 Å². The summed E-state index contributed by atoms with van der Waals surface area (Å²) < 4.78 is 20.1. The summed E-state index contributed by atoms with van der Waals surface area (Å²) in [7, 11) is 1.65. The standard InChI is InChI=1S/C12H8FN3O2/c1-16-10-8(6-14-16)12(17)18-11(15-10)7-4-2-3-5-9(7)13/h2-6H,1H3. The number of nitrogens with zero attached hydrogens (tertiary/aromatic N) is 3. The van der Waals surface area contributed by atoms with Crippen LogP contribution in [0.5, 0.6) is 0 Å². The predicted octanol–water partition coefficient (Wildman–Crippen LogP) is 1.73. The Bertz CT molecular complexity index is 791. The van der Waals surface area contributed by atoms with E-state index in [-0.39, 0.29) is 16.8 Å². The Morgan fingerprint density at radius 2 is 2.11 bits per heavy atom. The molecule has 90 valence electrons. The monoisotopic (exact) mass is 245 g/mol. The molecule has 6 heteroatoms. The lowest BCUT2D eigenvalue weighted by molar-refractivity contribution is 0.510. The molecule has 0 atom stereocenters. The Hall–Kier alpha value is -2.50. The number of halogens is 1. The third kappa shape index (κ3) is 1.50. The van der Waals surface area contributed by atoms with E-state index in [1.54, 1.807) is 19.2 Å². The zero-order valence-electron chi connectivity index (χ0n) is 9.42. The molecule has 5 nitrogen and oxygen atoms in total. The minimum Gasteiger partial charge on any atom is -0.403 e. The first-order valence-corrected chi connectivity index (χ1v) is 5.24. The molecule has 0 radical (unpaired) electrons. The van der Waals surface area contributed by atoms with Crippen LogP contribution in [-0.2, 0) is 7.05 Å². The van der Waals surface area contributed by atoms with Crippen LogP contribution >= 0.6 is 0 Å². The Labute approximate surface area is 100 Å². The molecule has 0 spiro atoms. The van der Waals surface area contributed by atoms with Crippen molar-refractivity contribution >= 4 is 11.0 Å². The summed E-state index contributed by atoms with van der Waals surface area (Å²) in [5, 5.41) is 4.19. The second kappa shape index (κ2) is 3.76. The number of hydrogen-bond donors (Lipinski definition) is 0. The van der Waals surface area contributed by atoms with Gasteiger partial charge in [-0.2, -0.15) is 10.1 Å². The smallest absolute Gasteiger partial charge is 0.350 e. The number of aromatic nitrogens is 3. The lowest BCUT2D eigenvalue weighted by Crippen LogP contribution is -2.04. The molecule has 0 saturated heterocycles. The van der Waals surface area contributed by atoms with Crippen LogP contribution in [0, 0.1) is 5.82 Å². The van der Waals surface area contributed by atoms with Crippen LogP contribution in [0.15, 0.2) is 39.7 Å². The van der Waals surface area contributed by atoms with Crippen molar-refractivity contribution in [1.29, 1.82) is 0 Å². The van der Waals surface area contributed by atoms with E-state index in [0.29, 0.717) is 5.65 Å². The topological polar surface area (TPSA) is 60.9 Å². The molecule has 0 unspecified atom stereocenters. The average molecular weight is 245 g/mol. The molecule has 3 aromatic rings. The van der Waals surface area contributed by atoms with Crippen LogP contribution in [-0.4, -0.2) is 14.8 Å². The van der Waals surface area contributed by atoms with E-state index < -0.39 is 11.4 Å². The van der Waals surface area contributed by atoms with Crippen molar-refractivity contribution in [3.8, 4) is 11.5 Å². The molecule has 0 aliphatic carbocycles. The van der Waals surface area contributed by atoms with Crippen molar-refractivity contribution in [1.82, 2.24) is 14.8 Å². The molecule has 1 aromatic carbocycles. The van der Waals surface area contributed by atoms with E-state index in [1.807, 2.05) is 0 Å². The fourth-order valence-corrected chi connectivity index (χ4v) is 1.72. The lowest BCUT2D eigenvalue weighted by Gasteiger charge is -2.01. The maximum absolute atomic E-state index is 13.6. The molecule has 3 rings (SSSR count). The summed E-state index contributed by atoms with van der Waals surface area (Å²) in [5.74, 6) is -0.538. The highest BCUT2D eigenvalue weighted by molar-refractivity contribution is 5.74. The second-order valence-electron chi connectivity index (χ2n) is 3.79. The molecule has 0 N–H and O–H groups in total. The number of fused-ring (bicyclic) bond motifs is 1. The average Bonchev–Trinajstić information content (AvgIpc) is 2.72. The minimum absolute atomic E-state index is 0.0470. The van der Waals surface area contributed by atoms with Crippen LogP contribution in [0.3, 0.4) is 0 Å². The Morgan fingerprint density at radius 1 is 1.33 bits per heavy atom. The molecule has 2 aromatic heterocycles. The number of aryl methyl sites for hydroxylation is 1. The maximum atomic E-state index is 13.6. The van der Waals surface area contributed by atoms with Gasteiger partial charge in [0, 0.05) is 7.05 Å². The third-order valence-corrected chi connectivity index (χ3v) is 2.63. The van der Waals surface area contributed by atoms with Gasteiger partial charge in [-0.15, -0.1) is 0 Å². The number of benzene rings is 1. The first-order valence-electron chi connectivity index (χ1n) is 5.24. The maximum Gasteiger partial charge on any atom is 0.350 e. The predicted molar refractivity (Wildman–Crippen MR) is 62.4 cm³/mol. The summed E-state index contributed by atoms with van der Waals surface area (Å²) in [4.78, 5) is 15.8. The number of hydrogen-bond acceptors (Lipinski definition) is 4. The molecular weight excluding hydrogens is 237 g/mol. The Morgan fingerprint density at radius 3 is 2.89 bits per heavy atom. The van der Waals surface area contributed by atoms with Crippen molar-refractivity contribution in [2.24, 2.45) is 7.05 Å². The lowest BCUT2D eigenvalue weighted by atomic mass is 10.2. The minimum atomic E-state index is -0.577. The Kier molecular flexibility index (Phi) is 2.22. The molecule has 0 aliphatic heterocycles. The van der Waals surface area contributed by atoms with Gasteiger partial charge in [-0.3, -0.25) is 4.68 Å². The van der Waals surface area contributed by atoms with Gasteiger partial charge < -0.3 is 4.42 Å². The molecule has 2 heterocycles. The van der Waals surface area contributed by atoms with Crippen LogP contribution < -0.4 is 5.63 Å². The molecule has 0 amide bonds. The van der Waals surface area contributed by atoms with E-state index in [0.717, 1.165) is 0 Å². The van der Waals surface area contributed by atoms with Gasteiger partial charge in [0.15, 0.2) is 5.65 Å². The van der Waals surface area contributed by atoms with Crippen LogP contribution in [0.1, 0.15) is 0 Å². The zero-order chi connectivity index (χ0) is 12.7. The summed E-state index contributed by atoms with van der Waals surface area (Å²) >= 11 is 0. The fraction of sp³-hybridized carbons (Fsp3) is 0.0833. The largest absolute Gasteiger partial charge is 0.403 e. The quantitative estimate of drug-likeness (QED) is 0.655. The summed E-state index contributed by atoms with van der Waals surface area (Å²) in [6.45, 7) is 0. The molecular formula is C12H8FN3O2. The van der Waals surface area contributed by atoms with Crippen molar-refractivity contribution in [2.75, 3.05) is 0 Å². The summed E-state index contributed by atoms with van der Waals surface area (Å²) in [6, 6.07) is 5.99. The van der Waals surface area contributed by atoms with E-state index >= 15 is 0 Å². The van der Waals surface area contributed by atoms with Crippen molar-refractivity contribution in [3.63, 3.8) is 0 Å². The van der Waals surface area contributed by atoms with Gasteiger partial charge in [0.1, 0.15) is 11.2 Å². The fourth-order valence-electron chi connectivity index (χ4n) is 1.72. The third-order valence-electron chi connectivity index (χ3n) is 2.63. The van der Waals surface area contributed by atoms with E-state index in [1.165, 1.54) is 23.0 Å². The van der Waals surface area contributed by atoms with Crippen LogP contribution in [0.25, 0.3) is 22.5 Å². The zero-order valence-corrected chi connectivity index (χ0v) is 9.42. The summed E-state index contributed by atoms with van der Waals surface area (Å²) in [5.41, 5.74) is -0.0615. The highest BCUT2D eigenvalue weighted by Crippen LogP contribution is 2.20. The van der Waals surface area contributed by atoms with Gasteiger partial charge >= 0.3 is 5.63 Å². The highest BCUT2D eigenvalue weighted by atomic mass is 19.1. The van der Waals surface area contributed by atoms with E-state index in [4.69, 9.17) is 4.42 Å². The normalized spacial score (nSPS) is 11.0. The van der Waals surface area contributed by atoms with Gasteiger partial charge in [0.05, 0.1) is 11.8 Å². The molecule has 0 bridgehead atoms. The SMILES string of the molecule is Cn1ncc2c(=O)oc(-c3ccccc3F)nc21. The molecule has 0 saturated carbocycles. The molecule has 18 heavy (non-hydrogen) atoms. The van der Waals surface area contributed by atoms with Gasteiger partial charge in [0.2, 0.25) is 5.89 Å². The van der Waals surface area contributed by atoms with Crippen LogP contribution in [0.2, 0.25) is 0 Å². The highest BCUT2D eigenvalue weighted by Gasteiger charge is 2.14. The van der Waals surface area contributed by atoms with Crippen molar-refractivity contribution in [3.05, 3.63) is 46.7 Å². The first-order chi connectivity index (χ1) is 8.66. The molecule has 0 aliphatic rings. The first kappa shape index (κ1) is 10.6. The summed E-state index contributed by atoms with van der Waals surface area (Å²) in [6.07, 6.45) is 1.37. The van der Waals surface area contributed by atoms with Gasteiger partial charge in [-0.1, -0.05) is 12.1 Å². The van der Waals surface area contributed by atoms with Gasteiger partial charge in [-0.25, -0.2) is 9.18 Å². The van der Waals surface area contributed by atoms with E-state index in [2.05, 4.69) is 10.1 Å². The number of rotatable bonds is 1. The van der Waals surface area contributed by atoms with Crippen molar-refractivity contribution in [2.45, 2.75) is 0 Å².